The SMILES string of the molecule is Cc1cc(C(=O)Cc2cc(C(OCC3CC3)c3ccc(C#N)cc3)ccc2F)n(-c2cccc(CNC(=O)OC(C)(C)C)c2)n1. The highest BCUT2D eigenvalue weighted by Crippen LogP contribution is 2.34. The maximum absolute atomic E-state index is 15.2. The second kappa shape index (κ2) is 13.4. The lowest BCUT2D eigenvalue weighted by Gasteiger charge is -2.20. The van der Waals surface area contributed by atoms with Crippen LogP contribution in [0.25, 0.3) is 5.69 Å². The first-order valence-corrected chi connectivity index (χ1v) is 15.0. The summed E-state index contributed by atoms with van der Waals surface area (Å²) in [6.07, 6.45) is 1.09. The first-order valence-electron chi connectivity index (χ1n) is 15.0. The van der Waals surface area contributed by atoms with E-state index < -0.39 is 23.6 Å². The molecular formula is C36H37FN4O4. The molecule has 5 rings (SSSR count). The molecule has 0 bridgehead atoms. The number of rotatable bonds is 11. The van der Waals surface area contributed by atoms with Gasteiger partial charge in [-0.15, -0.1) is 0 Å². The lowest BCUT2D eigenvalue weighted by molar-refractivity contribution is 0.0523. The normalized spacial score (nSPS) is 13.6. The van der Waals surface area contributed by atoms with Gasteiger partial charge in [0.1, 0.15) is 23.2 Å². The third-order valence-electron chi connectivity index (χ3n) is 7.37. The lowest BCUT2D eigenvalue weighted by atomic mass is 9.96. The molecule has 0 saturated heterocycles. The van der Waals surface area contributed by atoms with E-state index in [0.717, 1.165) is 29.5 Å². The number of aryl methyl sites for hydroxylation is 1. The average molecular weight is 609 g/mol. The van der Waals surface area contributed by atoms with Crippen molar-refractivity contribution in [3.05, 3.63) is 118 Å². The summed E-state index contributed by atoms with van der Waals surface area (Å²) in [5, 5.41) is 16.5. The molecule has 1 aromatic heterocycles. The van der Waals surface area contributed by atoms with Gasteiger partial charge >= 0.3 is 6.09 Å². The van der Waals surface area contributed by atoms with Crippen LogP contribution < -0.4 is 5.32 Å². The van der Waals surface area contributed by atoms with E-state index in [1.165, 1.54) is 6.07 Å². The van der Waals surface area contributed by atoms with Gasteiger partial charge < -0.3 is 14.8 Å². The molecular weight excluding hydrogens is 571 g/mol. The van der Waals surface area contributed by atoms with Gasteiger partial charge in [0, 0.05) is 13.0 Å². The van der Waals surface area contributed by atoms with Crippen LogP contribution in [-0.4, -0.2) is 33.9 Å². The number of ketones is 1. The molecule has 4 aromatic rings. The number of alkyl carbamates (subject to hydrolysis) is 1. The van der Waals surface area contributed by atoms with Crippen LogP contribution in [0.5, 0.6) is 0 Å². The highest BCUT2D eigenvalue weighted by molar-refractivity contribution is 5.96. The standard InChI is InChI=1S/C36H37FN4O4/c1-23-16-32(41(40-23)30-7-5-6-26(17-30)21-39-35(43)45-36(2,3)4)33(42)19-29-18-28(14-15-31(29)37)34(44-22-25-8-9-25)27-12-10-24(20-38)11-13-27/h5-7,10-18,25,34H,8-9,19,21-22H2,1-4H3,(H,39,43). The molecule has 1 amide bonds. The minimum atomic E-state index is -0.610. The van der Waals surface area contributed by atoms with E-state index in [-0.39, 0.29) is 24.3 Å². The largest absolute Gasteiger partial charge is 0.444 e. The van der Waals surface area contributed by atoms with Crippen molar-refractivity contribution in [2.24, 2.45) is 5.92 Å². The van der Waals surface area contributed by atoms with Crippen LogP contribution in [0, 0.1) is 30.0 Å². The molecule has 45 heavy (non-hydrogen) atoms. The van der Waals surface area contributed by atoms with Crippen LogP contribution in [0.2, 0.25) is 0 Å². The summed E-state index contributed by atoms with van der Waals surface area (Å²) in [5.41, 5.74) is 4.17. The first-order chi connectivity index (χ1) is 21.5. The van der Waals surface area contributed by atoms with Crippen molar-refractivity contribution in [3.63, 3.8) is 0 Å². The van der Waals surface area contributed by atoms with E-state index in [0.29, 0.717) is 35.2 Å². The zero-order valence-corrected chi connectivity index (χ0v) is 26.0. The molecule has 0 radical (unpaired) electrons. The molecule has 1 aliphatic carbocycles. The Morgan fingerprint density at radius 3 is 2.49 bits per heavy atom. The van der Waals surface area contributed by atoms with Gasteiger partial charge in [-0.2, -0.15) is 10.4 Å². The molecule has 1 aliphatic rings. The quantitative estimate of drug-likeness (QED) is 0.181. The summed E-state index contributed by atoms with van der Waals surface area (Å²) in [6.45, 7) is 8.00. The Morgan fingerprint density at radius 1 is 1.07 bits per heavy atom. The number of nitriles is 1. The number of nitrogens with zero attached hydrogens (tertiary/aromatic N) is 3. The van der Waals surface area contributed by atoms with Crippen molar-refractivity contribution >= 4 is 11.9 Å². The molecule has 1 N–H and O–H groups in total. The molecule has 1 fully saturated rings. The second-order valence-corrected chi connectivity index (χ2v) is 12.4. The maximum Gasteiger partial charge on any atom is 0.407 e. The van der Waals surface area contributed by atoms with E-state index in [1.54, 1.807) is 62.7 Å². The van der Waals surface area contributed by atoms with Gasteiger partial charge in [0.2, 0.25) is 0 Å². The van der Waals surface area contributed by atoms with E-state index in [1.807, 2.05) is 36.4 Å². The summed E-state index contributed by atoms with van der Waals surface area (Å²) < 4.78 is 28.3. The number of halogens is 1. The Morgan fingerprint density at radius 2 is 1.80 bits per heavy atom. The minimum absolute atomic E-state index is 0.173. The second-order valence-electron chi connectivity index (χ2n) is 12.4. The Labute approximate surface area is 262 Å². The molecule has 0 aliphatic heterocycles. The molecule has 1 unspecified atom stereocenters. The minimum Gasteiger partial charge on any atom is -0.444 e. The summed E-state index contributed by atoms with van der Waals surface area (Å²) in [6, 6.07) is 23.1. The smallest absolute Gasteiger partial charge is 0.407 e. The molecule has 8 nitrogen and oxygen atoms in total. The van der Waals surface area contributed by atoms with Gasteiger partial charge in [0.05, 0.1) is 29.6 Å². The molecule has 9 heteroatoms. The zero-order chi connectivity index (χ0) is 32.1. The number of benzene rings is 3. The number of carbonyl (C=O) groups is 2. The van der Waals surface area contributed by atoms with E-state index in [9.17, 15) is 14.9 Å². The van der Waals surface area contributed by atoms with Crippen LogP contribution >= 0.6 is 0 Å². The third-order valence-corrected chi connectivity index (χ3v) is 7.37. The number of nitrogens with one attached hydrogen (secondary N) is 1. The van der Waals surface area contributed by atoms with E-state index in [4.69, 9.17) is 9.47 Å². The van der Waals surface area contributed by atoms with Crippen LogP contribution in [0.1, 0.15) is 83.7 Å². The summed E-state index contributed by atoms with van der Waals surface area (Å²) in [7, 11) is 0. The Balaban J connectivity index is 1.36. The van der Waals surface area contributed by atoms with Gasteiger partial charge in [-0.1, -0.05) is 30.3 Å². The van der Waals surface area contributed by atoms with Crippen LogP contribution in [0.3, 0.4) is 0 Å². The van der Waals surface area contributed by atoms with Crippen molar-refractivity contribution in [3.8, 4) is 11.8 Å². The van der Waals surface area contributed by atoms with Gasteiger partial charge in [0.15, 0.2) is 5.78 Å². The highest BCUT2D eigenvalue weighted by Gasteiger charge is 2.26. The Bertz CT molecular complexity index is 1730. The van der Waals surface area contributed by atoms with Gasteiger partial charge in [-0.25, -0.2) is 13.9 Å². The van der Waals surface area contributed by atoms with Crippen LogP contribution in [-0.2, 0) is 22.4 Å². The third kappa shape index (κ3) is 8.43. The fourth-order valence-electron chi connectivity index (χ4n) is 4.97. The van der Waals surface area contributed by atoms with E-state index >= 15 is 4.39 Å². The predicted molar refractivity (Wildman–Crippen MR) is 167 cm³/mol. The number of aromatic nitrogens is 2. The Kier molecular flexibility index (Phi) is 9.45. The first kappa shape index (κ1) is 31.6. The van der Waals surface area contributed by atoms with Gasteiger partial charge in [-0.3, -0.25) is 4.79 Å². The molecule has 1 atom stereocenters. The summed E-state index contributed by atoms with van der Waals surface area (Å²) in [4.78, 5) is 25.8. The molecule has 232 valence electrons. The molecule has 1 saturated carbocycles. The number of ether oxygens (including phenoxy) is 2. The van der Waals surface area contributed by atoms with Gasteiger partial charge in [-0.05, 0) is 111 Å². The number of hydrogen-bond donors (Lipinski definition) is 1. The predicted octanol–water partition coefficient (Wildman–Crippen LogP) is 7.16. The molecule has 3 aromatic carbocycles. The Hall–Kier alpha value is -4.81. The van der Waals surface area contributed by atoms with Gasteiger partial charge in [0.25, 0.3) is 0 Å². The van der Waals surface area contributed by atoms with Crippen molar-refractivity contribution in [1.29, 1.82) is 5.26 Å². The fraction of sp³-hybridized carbons (Fsp3) is 0.333. The van der Waals surface area contributed by atoms with E-state index in [2.05, 4.69) is 16.5 Å². The summed E-state index contributed by atoms with van der Waals surface area (Å²) in [5.74, 6) is -0.258. The number of carbonyl (C=O) groups excluding carboxylic acids is 2. The molecule has 0 spiro atoms. The fourth-order valence-corrected chi connectivity index (χ4v) is 4.97. The maximum atomic E-state index is 15.2. The van der Waals surface area contributed by atoms with Crippen LogP contribution in [0.15, 0.2) is 72.8 Å². The topological polar surface area (TPSA) is 106 Å². The van der Waals surface area contributed by atoms with Crippen molar-refractivity contribution in [1.82, 2.24) is 15.1 Å². The molecule has 1 heterocycles. The highest BCUT2D eigenvalue weighted by atomic mass is 19.1. The average Bonchev–Trinajstić information content (AvgIpc) is 3.75. The van der Waals surface area contributed by atoms with Crippen molar-refractivity contribution < 1.29 is 23.5 Å². The number of Topliss-reactive ketones (excluding diaryl/α,β-unsaturated/α-hetero) is 1. The number of amides is 1. The zero-order valence-electron chi connectivity index (χ0n) is 26.0. The lowest BCUT2D eigenvalue weighted by Crippen LogP contribution is -2.32. The van der Waals surface area contributed by atoms with Crippen molar-refractivity contribution in [2.45, 2.75) is 65.2 Å². The number of hydrogen-bond acceptors (Lipinski definition) is 6. The van der Waals surface area contributed by atoms with Crippen molar-refractivity contribution in [2.75, 3.05) is 6.61 Å². The van der Waals surface area contributed by atoms with Crippen LogP contribution in [0.4, 0.5) is 9.18 Å². The monoisotopic (exact) mass is 608 g/mol. The summed E-state index contributed by atoms with van der Waals surface area (Å²) >= 11 is 0.